The predicted octanol–water partition coefficient (Wildman–Crippen LogP) is 2.62. The molecule has 1 aromatic carbocycles. The van der Waals surface area contributed by atoms with E-state index in [1.165, 1.54) is 18.6 Å². The fourth-order valence-corrected chi connectivity index (χ4v) is 2.78. The van der Waals surface area contributed by atoms with Crippen molar-refractivity contribution in [1.82, 2.24) is 4.90 Å². The third-order valence-electron chi connectivity index (χ3n) is 4.39. The van der Waals surface area contributed by atoms with Gasteiger partial charge in [-0.25, -0.2) is 4.39 Å². The second-order valence-electron chi connectivity index (χ2n) is 6.62. The van der Waals surface area contributed by atoms with Crippen LogP contribution in [0.15, 0.2) is 23.4 Å². The summed E-state index contributed by atoms with van der Waals surface area (Å²) in [5.74, 6) is -0.636. The quantitative estimate of drug-likeness (QED) is 0.469. The Morgan fingerprint density at radius 3 is 2.96 bits per heavy atom. The van der Waals surface area contributed by atoms with E-state index in [0.29, 0.717) is 18.4 Å². The van der Waals surface area contributed by atoms with Crippen LogP contribution in [0.1, 0.15) is 38.7 Å². The Bertz CT molecular complexity index is 636. The lowest BCUT2D eigenvalue weighted by atomic mass is 10.0. The minimum absolute atomic E-state index is 0.116. The van der Waals surface area contributed by atoms with Crippen molar-refractivity contribution in [2.45, 2.75) is 52.2 Å². The maximum Gasteiger partial charge on any atom is 0.268 e. The van der Waals surface area contributed by atoms with E-state index in [1.54, 1.807) is 19.9 Å². The number of hydrogen-bond acceptors (Lipinski definition) is 4. The minimum Gasteiger partial charge on any atom is -0.383 e. The summed E-state index contributed by atoms with van der Waals surface area (Å²) in [4.78, 5) is 19.5. The summed E-state index contributed by atoms with van der Waals surface area (Å²) >= 11 is 0. The van der Waals surface area contributed by atoms with E-state index in [-0.39, 0.29) is 5.69 Å². The van der Waals surface area contributed by atoms with Gasteiger partial charge >= 0.3 is 0 Å². The molecular formula is C18H27FN4O2. The van der Waals surface area contributed by atoms with Gasteiger partial charge in [0.25, 0.3) is 5.91 Å². The van der Waals surface area contributed by atoms with E-state index in [1.807, 2.05) is 0 Å². The molecule has 1 heterocycles. The number of benzene rings is 1. The van der Waals surface area contributed by atoms with Gasteiger partial charge < -0.3 is 15.9 Å². The van der Waals surface area contributed by atoms with Crippen LogP contribution in [0.25, 0.3) is 0 Å². The lowest BCUT2D eigenvalue weighted by Crippen LogP contribution is -2.43. The van der Waals surface area contributed by atoms with Crippen molar-refractivity contribution in [2.24, 2.45) is 10.9 Å². The zero-order valence-corrected chi connectivity index (χ0v) is 15.1. The molecule has 7 heteroatoms. The van der Waals surface area contributed by atoms with Gasteiger partial charge in [-0.3, -0.25) is 9.69 Å². The number of oxime groups is 1. The van der Waals surface area contributed by atoms with Crippen LogP contribution in [0.4, 0.5) is 10.1 Å². The number of nitrogens with zero attached hydrogens (tertiary/aromatic N) is 2. The normalized spacial score (nSPS) is 20.2. The highest BCUT2D eigenvalue weighted by atomic mass is 19.1. The number of piperidine rings is 1. The molecule has 1 fully saturated rings. The van der Waals surface area contributed by atoms with Gasteiger partial charge in [-0.1, -0.05) is 17.6 Å². The molecule has 6 nitrogen and oxygen atoms in total. The van der Waals surface area contributed by atoms with Crippen molar-refractivity contribution in [3.8, 4) is 0 Å². The van der Waals surface area contributed by atoms with Crippen molar-refractivity contribution >= 4 is 17.4 Å². The zero-order chi connectivity index (χ0) is 18.4. The van der Waals surface area contributed by atoms with Gasteiger partial charge in [-0.05, 0) is 57.9 Å². The van der Waals surface area contributed by atoms with E-state index in [9.17, 15) is 9.18 Å². The van der Waals surface area contributed by atoms with Gasteiger partial charge in [-0.2, -0.15) is 0 Å². The van der Waals surface area contributed by atoms with Crippen molar-refractivity contribution in [1.29, 1.82) is 0 Å². The molecule has 2 atom stereocenters. The van der Waals surface area contributed by atoms with Gasteiger partial charge in [0.2, 0.25) is 6.10 Å². The van der Waals surface area contributed by atoms with Gasteiger partial charge in [0.15, 0.2) is 5.84 Å². The van der Waals surface area contributed by atoms with E-state index in [0.717, 1.165) is 24.9 Å². The van der Waals surface area contributed by atoms with Crippen LogP contribution < -0.4 is 11.1 Å². The second kappa shape index (κ2) is 8.80. The van der Waals surface area contributed by atoms with Gasteiger partial charge in [0.1, 0.15) is 5.82 Å². The smallest absolute Gasteiger partial charge is 0.268 e. The number of anilines is 1. The van der Waals surface area contributed by atoms with E-state index in [4.69, 9.17) is 10.6 Å². The number of hydrogen-bond donors (Lipinski definition) is 2. The molecule has 2 unspecified atom stereocenters. The topological polar surface area (TPSA) is 79.9 Å². The molecule has 0 bridgehead atoms. The Kier molecular flexibility index (Phi) is 6.75. The SMILES string of the molecule is Cc1ccc(NC(=O)C(C)ON=C(N)CN2CCCCC2C)c(F)c1. The van der Waals surface area contributed by atoms with Crippen LogP contribution in [-0.4, -0.2) is 41.9 Å². The molecule has 138 valence electrons. The van der Waals surface area contributed by atoms with Crippen LogP contribution in [0.2, 0.25) is 0 Å². The Morgan fingerprint density at radius 2 is 2.28 bits per heavy atom. The summed E-state index contributed by atoms with van der Waals surface area (Å²) in [7, 11) is 0. The van der Waals surface area contributed by atoms with Crippen LogP contribution >= 0.6 is 0 Å². The molecule has 1 aromatic rings. The third kappa shape index (κ3) is 5.70. The number of nitrogens with one attached hydrogen (secondary N) is 1. The minimum atomic E-state index is -0.877. The Labute approximate surface area is 148 Å². The largest absolute Gasteiger partial charge is 0.383 e. The first kappa shape index (κ1) is 19.2. The summed E-state index contributed by atoms with van der Waals surface area (Å²) in [6.45, 7) is 6.99. The summed E-state index contributed by atoms with van der Waals surface area (Å²) in [5, 5.41) is 6.34. The standard InChI is InChI=1S/C18H27FN4O2/c1-12-7-8-16(15(19)10-12)21-18(24)14(3)25-22-17(20)11-23-9-5-4-6-13(23)2/h7-8,10,13-14H,4-6,9,11H2,1-3H3,(H2,20,22)(H,21,24). The molecule has 0 aliphatic carbocycles. The number of rotatable bonds is 6. The van der Waals surface area contributed by atoms with Gasteiger partial charge in [0.05, 0.1) is 12.2 Å². The number of nitrogens with two attached hydrogens (primary N) is 1. The number of halogens is 1. The number of carbonyl (C=O) groups excluding carboxylic acids is 1. The first-order chi connectivity index (χ1) is 11.9. The van der Waals surface area contributed by atoms with E-state index in [2.05, 4.69) is 22.3 Å². The Balaban J connectivity index is 1.85. The van der Waals surface area contributed by atoms with Crippen molar-refractivity contribution in [2.75, 3.05) is 18.4 Å². The van der Waals surface area contributed by atoms with Crippen LogP contribution in [0, 0.1) is 12.7 Å². The van der Waals surface area contributed by atoms with Crippen LogP contribution in [0.3, 0.4) is 0 Å². The molecule has 1 aliphatic heterocycles. The third-order valence-corrected chi connectivity index (χ3v) is 4.39. The van der Waals surface area contributed by atoms with Crippen LogP contribution in [-0.2, 0) is 9.63 Å². The molecule has 1 saturated heterocycles. The fraction of sp³-hybridized carbons (Fsp3) is 0.556. The summed E-state index contributed by atoms with van der Waals surface area (Å²) in [6, 6.07) is 5.06. The molecule has 0 saturated carbocycles. The van der Waals surface area contributed by atoms with Gasteiger partial charge in [-0.15, -0.1) is 0 Å². The molecule has 0 aromatic heterocycles. The Morgan fingerprint density at radius 1 is 1.52 bits per heavy atom. The van der Waals surface area contributed by atoms with E-state index < -0.39 is 17.8 Å². The Hall–Kier alpha value is -2.15. The monoisotopic (exact) mass is 350 g/mol. The first-order valence-corrected chi connectivity index (χ1v) is 8.66. The molecular weight excluding hydrogens is 323 g/mol. The maximum absolute atomic E-state index is 13.8. The second-order valence-corrected chi connectivity index (χ2v) is 6.62. The molecule has 2 rings (SSSR count). The van der Waals surface area contributed by atoms with Gasteiger partial charge in [0, 0.05) is 6.04 Å². The predicted molar refractivity (Wildman–Crippen MR) is 96.8 cm³/mol. The molecule has 3 N–H and O–H groups in total. The first-order valence-electron chi connectivity index (χ1n) is 8.66. The number of carbonyl (C=O) groups is 1. The maximum atomic E-state index is 13.8. The van der Waals surface area contributed by atoms with Crippen molar-refractivity contribution < 1.29 is 14.0 Å². The highest BCUT2D eigenvalue weighted by Crippen LogP contribution is 2.16. The highest BCUT2D eigenvalue weighted by Gasteiger charge is 2.20. The molecule has 0 radical (unpaired) electrons. The molecule has 1 amide bonds. The summed E-state index contributed by atoms with van der Waals surface area (Å²) < 4.78 is 13.8. The molecule has 25 heavy (non-hydrogen) atoms. The number of amidine groups is 1. The zero-order valence-electron chi connectivity index (χ0n) is 15.1. The fourth-order valence-electron chi connectivity index (χ4n) is 2.78. The van der Waals surface area contributed by atoms with E-state index >= 15 is 0 Å². The summed E-state index contributed by atoms with van der Waals surface area (Å²) in [5.41, 5.74) is 6.80. The average Bonchev–Trinajstić information content (AvgIpc) is 2.57. The van der Waals surface area contributed by atoms with Crippen molar-refractivity contribution in [3.63, 3.8) is 0 Å². The van der Waals surface area contributed by atoms with Crippen molar-refractivity contribution in [3.05, 3.63) is 29.6 Å². The highest BCUT2D eigenvalue weighted by molar-refractivity contribution is 5.94. The van der Waals surface area contributed by atoms with Crippen LogP contribution in [0.5, 0.6) is 0 Å². The molecule has 0 spiro atoms. The average molecular weight is 350 g/mol. The lowest BCUT2D eigenvalue weighted by Gasteiger charge is -2.32. The molecule has 1 aliphatic rings. The lowest BCUT2D eigenvalue weighted by molar-refractivity contribution is -0.126. The number of aryl methyl sites for hydroxylation is 1. The number of likely N-dealkylation sites (tertiary alicyclic amines) is 1. The number of amides is 1. The summed E-state index contributed by atoms with van der Waals surface area (Å²) in [6.07, 6.45) is 2.66.